The summed E-state index contributed by atoms with van der Waals surface area (Å²) >= 11 is 1.29. The number of hydrogen-bond donors (Lipinski definition) is 0. The molecular formula is C21H22N4OS. The van der Waals surface area contributed by atoms with Crippen molar-refractivity contribution < 1.29 is 4.79 Å². The first-order valence-corrected chi connectivity index (χ1v) is 9.56. The Bertz CT molecular complexity index is 913. The summed E-state index contributed by atoms with van der Waals surface area (Å²) in [4.78, 5) is 19.2. The third-order valence-corrected chi connectivity index (χ3v) is 5.57. The van der Waals surface area contributed by atoms with E-state index >= 15 is 0 Å². The molecule has 138 valence electrons. The molecule has 0 spiro atoms. The third kappa shape index (κ3) is 4.67. The maximum absolute atomic E-state index is 13.1. The topological polar surface area (TPSA) is 80.8 Å². The SMILES string of the molecule is Cc1nc(S[C@H](C)C(=O)N(CCC#N)c2ccccc2)c(C#N)c(C)c1C. The van der Waals surface area contributed by atoms with Gasteiger partial charge in [-0.25, -0.2) is 4.98 Å². The molecule has 0 fully saturated rings. The Labute approximate surface area is 164 Å². The minimum atomic E-state index is -0.440. The van der Waals surface area contributed by atoms with E-state index < -0.39 is 5.25 Å². The van der Waals surface area contributed by atoms with Gasteiger partial charge in [0, 0.05) is 17.9 Å². The number of thioether (sulfide) groups is 1. The largest absolute Gasteiger partial charge is 0.310 e. The molecule has 5 nitrogen and oxygen atoms in total. The Kier molecular flexibility index (Phi) is 6.98. The van der Waals surface area contributed by atoms with Gasteiger partial charge in [-0.15, -0.1) is 0 Å². The number of nitriles is 2. The molecule has 2 aromatic rings. The molecule has 2 rings (SSSR count). The number of carbonyl (C=O) groups is 1. The second-order valence-corrected chi connectivity index (χ2v) is 7.56. The molecule has 0 radical (unpaired) electrons. The fraction of sp³-hybridized carbons (Fsp3) is 0.333. The predicted octanol–water partition coefficient (Wildman–Crippen LogP) is 4.31. The Morgan fingerprint density at radius 2 is 1.85 bits per heavy atom. The number of para-hydroxylation sites is 1. The summed E-state index contributed by atoms with van der Waals surface area (Å²) in [5, 5.41) is 18.6. The number of aromatic nitrogens is 1. The molecule has 1 amide bonds. The van der Waals surface area contributed by atoms with Crippen LogP contribution in [0.2, 0.25) is 0 Å². The zero-order valence-corrected chi connectivity index (χ0v) is 16.8. The molecule has 0 saturated carbocycles. The van der Waals surface area contributed by atoms with Gasteiger partial charge < -0.3 is 4.90 Å². The highest BCUT2D eigenvalue weighted by atomic mass is 32.2. The van der Waals surface area contributed by atoms with Crippen LogP contribution in [0.1, 0.15) is 35.7 Å². The lowest BCUT2D eigenvalue weighted by molar-refractivity contribution is -0.117. The van der Waals surface area contributed by atoms with Crippen molar-refractivity contribution in [3.8, 4) is 12.1 Å². The molecule has 0 saturated heterocycles. The van der Waals surface area contributed by atoms with Crippen LogP contribution in [0.25, 0.3) is 0 Å². The highest BCUT2D eigenvalue weighted by molar-refractivity contribution is 8.00. The van der Waals surface area contributed by atoms with Gasteiger partial charge >= 0.3 is 0 Å². The number of amides is 1. The zero-order chi connectivity index (χ0) is 20.0. The van der Waals surface area contributed by atoms with Crippen molar-refractivity contribution in [2.24, 2.45) is 0 Å². The smallest absolute Gasteiger partial charge is 0.240 e. The van der Waals surface area contributed by atoms with Gasteiger partial charge in [-0.3, -0.25) is 4.79 Å². The summed E-state index contributed by atoms with van der Waals surface area (Å²) in [6.07, 6.45) is 0.252. The van der Waals surface area contributed by atoms with Gasteiger partial charge in [0.1, 0.15) is 11.1 Å². The molecule has 27 heavy (non-hydrogen) atoms. The second kappa shape index (κ2) is 9.21. The van der Waals surface area contributed by atoms with Gasteiger partial charge in [0.05, 0.1) is 23.3 Å². The number of nitrogens with zero attached hydrogens (tertiary/aromatic N) is 4. The van der Waals surface area contributed by atoms with E-state index in [0.29, 0.717) is 17.1 Å². The van der Waals surface area contributed by atoms with Crippen molar-refractivity contribution >= 4 is 23.4 Å². The second-order valence-electron chi connectivity index (χ2n) is 6.23. The summed E-state index contributed by atoms with van der Waals surface area (Å²) in [6.45, 7) is 7.89. The van der Waals surface area contributed by atoms with Gasteiger partial charge in [0.25, 0.3) is 0 Å². The van der Waals surface area contributed by atoms with E-state index in [9.17, 15) is 10.1 Å². The third-order valence-electron chi connectivity index (χ3n) is 4.49. The molecule has 1 aromatic heterocycles. The van der Waals surface area contributed by atoms with E-state index in [-0.39, 0.29) is 12.3 Å². The maximum atomic E-state index is 13.1. The van der Waals surface area contributed by atoms with Gasteiger partial charge in [-0.2, -0.15) is 10.5 Å². The van der Waals surface area contributed by atoms with Gasteiger partial charge in [-0.1, -0.05) is 30.0 Å². The van der Waals surface area contributed by atoms with Crippen LogP contribution >= 0.6 is 11.8 Å². The fourth-order valence-corrected chi connectivity index (χ4v) is 3.77. The van der Waals surface area contributed by atoms with Crippen LogP contribution in [0.5, 0.6) is 0 Å². The normalized spacial score (nSPS) is 11.3. The molecule has 1 aromatic carbocycles. The van der Waals surface area contributed by atoms with Crippen LogP contribution in [0.15, 0.2) is 35.4 Å². The Balaban J connectivity index is 2.31. The van der Waals surface area contributed by atoms with Crippen LogP contribution in [0.4, 0.5) is 5.69 Å². The first-order chi connectivity index (χ1) is 12.9. The van der Waals surface area contributed by atoms with Crippen LogP contribution in [-0.2, 0) is 4.79 Å². The lowest BCUT2D eigenvalue weighted by atomic mass is 10.1. The molecule has 0 aliphatic carbocycles. The van der Waals surface area contributed by atoms with Gasteiger partial charge in [-0.05, 0) is 51.0 Å². The lowest BCUT2D eigenvalue weighted by Gasteiger charge is -2.25. The maximum Gasteiger partial charge on any atom is 0.240 e. The summed E-state index contributed by atoms with van der Waals surface area (Å²) in [5.74, 6) is -0.108. The van der Waals surface area contributed by atoms with Crippen molar-refractivity contribution in [3.05, 3.63) is 52.7 Å². The fourth-order valence-electron chi connectivity index (χ4n) is 2.70. The number of hydrogen-bond acceptors (Lipinski definition) is 5. The number of rotatable bonds is 6. The van der Waals surface area contributed by atoms with Crippen molar-refractivity contribution in [2.75, 3.05) is 11.4 Å². The summed E-state index contributed by atoms with van der Waals surface area (Å²) in [7, 11) is 0. The molecule has 1 heterocycles. The Hall–Kier alpha value is -2.83. The average Bonchev–Trinajstić information content (AvgIpc) is 2.67. The van der Waals surface area contributed by atoms with Crippen molar-refractivity contribution in [2.45, 2.75) is 44.4 Å². The van der Waals surface area contributed by atoms with Crippen molar-refractivity contribution in [3.63, 3.8) is 0 Å². The van der Waals surface area contributed by atoms with Gasteiger partial charge in [0.15, 0.2) is 0 Å². The van der Waals surface area contributed by atoms with Crippen LogP contribution in [-0.4, -0.2) is 22.7 Å². The van der Waals surface area contributed by atoms with E-state index in [4.69, 9.17) is 5.26 Å². The first-order valence-electron chi connectivity index (χ1n) is 8.68. The van der Waals surface area contributed by atoms with Crippen LogP contribution in [0.3, 0.4) is 0 Å². The molecule has 0 aliphatic rings. The minimum absolute atomic E-state index is 0.108. The van der Waals surface area contributed by atoms with Crippen LogP contribution < -0.4 is 4.90 Å². The zero-order valence-electron chi connectivity index (χ0n) is 16.0. The van der Waals surface area contributed by atoms with Gasteiger partial charge in [0.2, 0.25) is 5.91 Å². The molecule has 1 atom stereocenters. The molecule has 0 unspecified atom stereocenters. The van der Waals surface area contributed by atoms with Crippen LogP contribution in [0, 0.1) is 43.4 Å². The summed E-state index contributed by atoms with van der Waals surface area (Å²) in [5.41, 5.74) is 4.03. The van der Waals surface area contributed by atoms with E-state index in [1.807, 2.05) is 58.0 Å². The van der Waals surface area contributed by atoms with Crippen molar-refractivity contribution in [1.29, 1.82) is 10.5 Å². The first kappa shape index (κ1) is 20.5. The standard InChI is InChI=1S/C21H22N4OS/c1-14-15(2)19(13-23)20(24-16(14)3)27-17(4)21(26)25(12-8-11-22)18-9-6-5-7-10-18/h5-7,9-10,17H,8,12H2,1-4H3/t17-/m1/s1. The van der Waals surface area contributed by atoms with E-state index in [2.05, 4.69) is 17.1 Å². The number of pyridine rings is 1. The Morgan fingerprint density at radius 1 is 1.19 bits per heavy atom. The molecule has 6 heteroatoms. The number of carbonyl (C=O) groups excluding carboxylic acids is 1. The highest BCUT2D eigenvalue weighted by Gasteiger charge is 2.25. The molecule has 0 aliphatic heterocycles. The molecule has 0 bridgehead atoms. The quantitative estimate of drug-likeness (QED) is 0.700. The summed E-state index contributed by atoms with van der Waals surface area (Å²) < 4.78 is 0. The summed E-state index contributed by atoms with van der Waals surface area (Å²) in [6, 6.07) is 13.6. The van der Waals surface area contributed by atoms with E-state index in [1.165, 1.54) is 11.8 Å². The average molecular weight is 379 g/mol. The number of anilines is 1. The van der Waals surface area contributed by atoms with E-state index in [1.54, 1.807) is 4.90 Å². The highest BCUT2D eigenvalue weighted by Crippen LogP contribution is 2.31. The predicted molar refractivity (Wildman–Crippen MR) is 108 cm³/mol. The number of benzene rings is 1. The lowest BCUT2D eigenvalue weighted by Crippen LogP contribution is -2.37. The molecule has 0 N–H and O–H groups in total. The molecular weight excluding hydrogens is 356 g/mol. The van der Waals surface area contributed by atoms with Crippen molar-refractivity contribution in [1.82, 2.24) is 4.98 Å². The number of aryl methyl sites for hydroxylation is 1. The Morgan fingerprint density at radius 3 is 2.44 bits per heavy atom. The minimum Gasteiger partial charge on any atom is -0.310 e. The monoisotopic (exact) mass is 378 g/mol. The van der Waals surface area contributed by atoms with E-state index in [0.717, 1.165) is 22.5 Å².